The Morgan fingerprint density at radius 3 is 2.54 bits per heavy atom. The van der Waals surface area contributed by atoms with Crippen molar-refractivity contribution in [1.82, 2.24) is 14.8 Å². The van der Waals surface area contributed by atoms with E-state index in [0.717, 1.165) is 44.3 Å². The molecule has 4 nitrogen and oxygen atoms in total. The van der Waals surface area contributed by atoms with Crippen molar-refractivity contribution < 1.29 is 4.42 Å². The zero-order valence-electron chi connectivity index (χ0n) is 14.9. The van der Waals surface area contributed by atoms with Gasteiger partial charge < -0.3 is 8.98 Å². The topological polar surface area (TPSA) is 43.9 Å². The van der Waals surface area contributed by atoms with E-state index in [1.54, 1.807) is 6.26 Å². The van der Waals surface area contributed by atoms with Gasteiger partial charge >= 0.3 is 0 Å². The fraction of sp³-hybridized carbons (Fsp3) is 0. The monoisotopic (exact) mass is 361 g/mol. The minimum absolute atomic E-state index is 0.855. The molecule has 0 bridgehead atoms. The zero-order chi connectivity index (χ0) is 18.5. The third-order valence-corrected chi connectivity index (χ3v) is 5.21. The van der Waals surface area contributed by atoms with Gasteiger partial charge in [0.15, 0.2) is 0 Å². The average Bonchev–Trinajstić information content (AvgIpc) is 3.34. The highest BCUT2D eigenvalue weighted by Gasteiger charge is 2.15. The van der Waals surface area contributed by atoms with Gasteiger partial charge in [0.05, 0.1) is 34.9 Å². The molecule has 0 saturated carbocycles. The quantitative estimate of drug-likeness (QED) is 0.381. The third-order valence-electron chi connectivity index (χ3n) is 5.21. The van der Waals surface area contributed by atoms with E-state index in [1.807, 2.05) is 30.5 Å². The van der Waals surface area contributed by atoms with Crippen LogP contribution in [0.15, 0.2) is 95.7 Å². The predicted molar refractivity (Wildman–Crippen MR) is 112 cm³/mol. The summed E-state index contributed by atoms with van der Waals surface area (Å²) in [5.41, 5.74) is 6.05. The van der Waals surface area contributed by atoms with Crippen molar-refractivity contribution in [2.75, 3.05) is 0 Å². The van der Waals surface area contributed by atoms with E-state index in [-0.39, 0.29) is 0 Å². The molecule has 0 amide bonds. The molecular weight excluding hydrogens is 346 g/mol. The number of fused-ring (bicyclic) bond motifs is 4. The highest BCUT2D eigenvalue weighted by molar-refractivity contribution is 6.12. The average molecular weight is 361 g/mol. The molecule has 0 radical (unpaired) electrons. The predicted octanol–water partition coefficient (Wildman–Crippen LogP) is 5.99. The molecule has 0 aliphatic rings. The first-order chi connectivity index (χ1) is 13.9. The maximum absolute atomic E-state index is 5.64. The van der Waals surface area contributed by atoms with Crippen molar-refractivity contribution in [3.63, 3.8) is 0 Å². The van der Waals surface area contributed by atoms with Crippen molar-refractivity contribution in [3.8, 4) is 16.9 Å². The summed E-state index contributed by atoms with van der Waals surface area (Å²) in [6.45, 7) is 0. The third kappa shape index (κ3) is 2.18. The van der Waals surface area contributed by atoms with Crippen LogP contribution in [0, 0.1) is 0 Å². The smallest absolute Gasteiger partial charge is 0.134 e. The van der Waals surface area contributed by atoms with E-state index in [2.05, 4.69) is 69.4 Å². The van der Waals surface area contributed by atoms with Crippen LogP contribution in [0.1, 0.15) is 0 Å². The summed E-state index contributed by atoms with van der Waals surface area (Å²) in [7, 11) is 0. The van der Waals surface area contributed by atoms with Crippen LogP contribution in [0.5, 0.6) is 0 Å². The van der Waals surface area contributed by atoms with Crippen LogP contribution in [0.4, 0.5) is 0 Å². The normalized spacial score (nSPS) is 11.6. The number of para-hydroxylation sites is 1. The summed E-state index contributed by atoms with van der Waals surface area (Å²) in [6.07, 6.45) is 3.55. The van der Waals surface area contributed by atoms with Crippen LogP contribution >= 0.6 is 0 Å². The Balaban J connectivity index is 1.69. The maximum atomic E-state index is 5.64. The molecule has 3 aromatic heterocycles. The van der Waals surface area contributed by atoms with E-state index in [0.29, 0.717) is 0 Å². The molecule has 0 aliphatic carbocycles. The molecule has 6 aromatic rings. The van der Waals surface area contributed by atoms with Crippen molar-refractivity contribution >= 4 is 32.8 Å². The molecular formula is C24H15N3O. The van der Waals surface area contributed by atoms with Crippen LogP contribution in [0.3, 0.4) is 0 Å². The summed E-state index contributed by atoms with van der Waals surface area (Å²) in [4.78, 5) is 0. The summed E-state index contributed by atoms with van der Waals surface area (Å²) in [5.74, 6) is 0. The van der Waals surface area contributed by atoms with Crippen LogP contribution in [0.25, 0.3) is 49.7 Å². The summed E-state index contributed by atoms with van der Waals surface area (Å²) in [6, 6.07) is 26.9. The Hall–Kier alpha value is -3.92. The van der Waals surface area contributed by atoms with Gasteiger partial charge in [0, 0.05) is 21.7 Å². The van der Waals surface area contributed by atoms with E-state index >= 15 is 0 Å². The van der Waals surface area contributed by atoms with Gasteiger partial charge in [0.25, 0.3) is 0 Å². The Labute approximate surface area is 160 Å². The minimum atomic E-state index is 0.855. The Morgan fingerprint density at radius 1 is 0.750 bits per heavy atom. The van der Waals surface area contributed by atoms with Gasteiger partial charge in [-0.05, 0) is 30.3 Å². The largest absolute Gasteiger partial charge is 0.464 e. The summed E-state index contributed by atoms with van der Waals surface area (Å²) >= 11 is 0. The summed E-state index contributed by atoms with van der Waals surface area (Å²) < 4.78 is 7.88. The number of aromatic nitrogens is 3. The van der Waals surface area contributed by atoms with Crippen molar-refractivity contribution in [3.05, 3.63) is 91.3 Å². The molecule has 0 atom stereocenters. The number of rotatable bonds is 2. The molecule has 6 rings (SSSR count). The second-order valence-electron chi connectivity index (χ2n) is 6.85. The molecule has 132 valence electrons. The molecule has 4 heteroatoms. The van der Waals surface area contributed by atoms with E-state index in [9.17, 15) is 0 Å². The molecule has 0 spiro atoms. The molecule has 0 saturated heterocycles. The van der Waals surface area contributed by atoms with Gasteiger partial charge in [0.2, 0.25) is 0 Å². The maximum Gasteiger partial charge on any atom is 0.134 e. The number of nitrogens with zero attached hydrogens (tertiary/aromatic N) is 3. The Bertz CT molecular complexity index is 1460. The standard InChI is InChI=1S/C24H15N3O/c1-2-6-16(7-3-1)21-13-18(15-25-26-21)27-22-9-5-4-8-19(22)20-14-24-17(10-11-28-24)12-23(20)27/h1-15H. The molecule has 28 heavy (non-hydrogen) atoms. The van der Waals surface area contributed by atoms with Crippen LogP contribution in [-0.4, -0.2) is 14.8 Å². The van der Waals surface area contributed by atoms with Gasteiger partial charge in [-0.1, -0.05) is 48.5 Å². The molecule has 0 unspecified atom stereocenters. The van der Waals surface area contributed by atoms with Gasteiger partial charge in [-0.3, -0.25) is 0 Å². The molecule has 3 aromatic carbocycles. The van der Waals surface area contributed by atoms with E-state index in [4.69, 9.17) is 4.42 Å². The fourth-order valence-electron chi connectivity index (χ4n) is 3.93. The van der Waals surface area contributed by atoms with Crippen molar-refractivity contribution in [1.29, 1.82) is 0 Å². The van der Waals surface area contributed by atoms with Gasteiger partial charge in [-0.25, -0.2) is 0 Å². The second-order valence-corrected chi connectivity index (χ2v) is 6.85. The van der Waals surface area contributed by atoms with Crippen molar-refractivity contribution in [2.45, 2.75) is 0 Å². The van der Waals surface area contributed by atoms with Crippen LogP contribution < -0.4 is 0 Å². The first kappa shape index (κ1) is 15.2. The Kier molecular flexibility index (Phi) is 3.14. The molecule has 3 heterocycles. The van der Waals surface area contributed by atoms with E-state index in [1.165, 1.54) is 5.39 Å². The number of hydrogen-bond acceptors (Lipinski definition) is 3. The van der Waals surface area contributed by atoms with Gasteiger partial charge in [0.1, 0.15) is 5.58 Å². The van der Waals surface area contributed by atoms with Gasteiger partial charge in [-0.15, -0.1) is 0 Å². The van der Waals surface area contributed by atoms with Crippen molar-refractivity contribution in [2.24, 2.45) is 0 Å². The fourth-order valence-corrected chi connectivity index (χ4v) is 3.93. The molecule has 0 fully saturated rings. The lowest BCUT2D eigenvalue weighted by atomic mass is 10.1. The summed E-state index contributed by atoms with van der Waals surface area (Å²) in [5, 5.41) is 12.1. The van der Waals surface area contributed by atoms with E-state index < -0.39 is 0 Å². The lowest BCUT2D eigenvalue weighted by Gasteiger charge is -2.09. The Morgan fingerprint density at radius 2 is 1.61 bits per heavy atom. The first-order valence-corrected chi connectivity index (χ1v) is 9.17. The molecule has 0 aliphatic heterocycles. The van der Waals surface area contributed by atoms with Crippen LogP contribution in [0.2, 0.25) is 0 Å². The van der Waals surface area contributed by atoms with Crippen LogP contribution in [-0.2, 0) is 0 Å². The highest BCUT2D eigenvalue weighted by Crippen LogP contribution is 2.35. The number of benzene rings is 3. The highest BCUT2D eigenvalue weighted by atomic mass is 16.3. The number of hydrogen-bond donors (Lipinski definition) is 0. The SMILES string of the molecule is c1ccc(-c2cc(-n3c4ccccc4c4cc5occc5cc43)cnn2)cc1. The first-order valence-electron chi connectivity index (χ1n) is 9.17. The lowest BCUT2D eigenvalue weighted by molar-refractivity contribution is 0.616. The van der Waals surface area contributed by atoms with Gasteiger partial charge in [-0.2, -0.15) is 10.2 Å². The molecule has 0 N–H and O–H groups in total. The second kappa shape index (κ2) is 5.79. The lowest BCUT2D eigenvalue weighted by Crippen LogP contribution is -1.97. The number of furan rings is 1. The minimum Gasteiger partial charge on any atom is -0.464 e. The zero-order valence-corrected chi connectivity index (χ0v) is 14.9.